The fraction of sp³-hybridized carbons (Fsp3) is 0.600. The summed E-state index contributed by atoms with van der Waals surface area (Å²) in [7, 11) is 0. The molecular weight excluding hydrogens is 358 g/mol. The summed E-state index contributed by atoms with van der Waals surface area (Å²) in [6.07, 6.45) is 1.43. The maximum Gasteiger partial charge on any atom is 0.329 e. The van der Waals surface area contributed by atoms with Crippen LogP contribution in [0.2, 0.25) is 0 Å². The average molecular weight is 390 g/mol. The lowest BCUT2D eigenvalue weighted by molar-refractivity contribution is 0.0935. The predicted octanol–water partition coefficient (Wildman–Crippen LogP) is 1.72. The molecule has 0 bridgehead atoms. The number of rotatable bonds is 8. The molecule has 2 heterocycles. The summed E-state index contributed by atoms with van der Waals surface area (Å²) < 4.78 is 1.42. The van der Waals surface area contributed by atoms with Gasteiger partial charge in [-0.25, -0.2) is 9.78 Å². The van der Waals surface area contributed by atoms with E-state index in [0.717, 1.165) is 6.42 Å². The number of carbonyl (C=O) groups excluding carboxylic acids is 1. The van der Waals surface area contributed by atoms with E-state index in [-0.39, 0.29) is 34.5 Å². The Morgan fingerprint density at radius 2 is 1.96 bits per heavy atom. The van der Waals surface area contributed by atoms with Gasteiger partial charge in [-0.05, 0) is 30.7 Å². The van der Waals surface area contributed by atoms with Gasteiger partial charge in [0.25, 0.3) is 11.5 Å². The van der Waals surface area contributed by atoms with Gasteiger partial charge >= 0.3 is 5.69 Å². The van der Waals surface area contributed by atoms with E-state index < -0.39 is 11.2 Å². The van der Waals surface area contributed by atoms with Crippen molar-refractivity contribution in [2.24, 2.45) is 11.7 Å². The highest BCUT2D eigenvalue weighted by atomic mass is 16.2. The van der Waals surface area contributed by atoms with Crippen LogP contribution in [-0.4, -0.2) is 33.0 Å². The standard InChI is InChI=1S/C20H31N5O3/c1-6-7-25-17-16(19(27)24-20(25)28)14(9-15(23-17)12(4)5)18(26)22-13(10-21)8-11(2)3/h9,11-13H,6-8,10,21H2,1-5H3,(H,22,26)(H,24,27,28). The topological polar surface area (TPSA) is 123 Å². The summed E-state index contributed by atoms with van der Waals surface area (Å²) in [6.45, 7) is 10.7. The molecule has 8 heteroatoms. The molecule has 0 spiro atoms. The number of H-pyrrole nitrogens is 1. The lowest BCUT2D eigenvalue weighted by Crippen LogP contribution is -2.42. The Hall–Kier alpha value is -2.48. The first-order valence-electron chi connectivity index (χ1n) is 9.88. The van der Waals surface area contributed by atoms with Gasteiger partial charge in [-0.2, -0.15) is 0 Å². The molecule has 0 aliphatic rings. The molecule has 2 aromatic rings. The Balaban J connectivity index is 2.70. The van der Waals surface area contributed by atoms with E-state index in [1.54, 1.807) is 6.07 Å². The van der Waals surface area contributed by atoms with Crippen LogP contribution in [0.4, 0.5) is 0 Å². The van der Waals surface area contributed by atoms with Crippen molar-refractivity contribution < 1.29 is 4.79 Å². The minimum atomic E-state index is -0.603. The van der Waals surface area contributed by atoms with Crippen molar-refractivity contribution >= 4 is 16.9 Å². The molecule has 2 aromatic heterocycles. The Kier molecular flexibility index (Phi) is 7.12. The van der Waals surface area contributed by atoms with E-state index in [1.807, 2.05) is 20.8 Å². The number of pyridine rings is 1. The minimum absolute atomic E-state index is 0.0291. The van der Waals surface area contributed by atoms with Crippen LogP contribution in [0, 0.1) is 5.92 Å². The molecule has 1 unspecified atom stereocenters. The van der Waals surface area contributed by atoms with Crippen LogP contribution >= 0.6 is 0 Å². The van der Waals surface area contributed by atoms with E-state index in [1.165, 1.54) is 4.57 Å². The summed E-state index contributed by atoms with van der Waals surface area (Å²) in [5.74, 6) is 0.0198. The van der Waals surface area contributed by atoms with Crippen LogP contribution < -0.4 is 22.3 Å². The van der Waals surface area contributed by atoms with Gasteiger partial charge in [-0.1, -0.05) is 34.6 Å². The molecule has 1 amide bonds. The SMILES string of the molecule is CCCn1c(=O)[nH]c(=O)c2c(C(=O)NC(CN)CC(C)C)cc(C(C)C)nc21. The second-order valence-corrected chi connectivity index (χ2v) is 7.89. The molecular formula is C20H31N5O3. The van der Waals surface area contributed by atoms with Crippen molar-refractivity contribution in [1.29, 1.82) is 0 Å². The van der Waals surface area contributed by atoms with Crippen LogP contribution in [0.3, 0.4) is 0 Å². The number of fused-ring (bicyclic) bond motifs is 1. The molecule has 0 saturated carbocycles. The zero-order valence-electron chi connectivity index (χ0n) is 17.3. The number of nitrogens with two attached hydrogens (primary N) is 1. The van der Waals surface area contributed by atoms with Gasteiger partial charge in [0.2, 0.25) is 0 Å². The molecule has 0 aromatic carbocycles. The summed E-state index contributed by atoms with van der Waals surface area (Å²) in [4.78, 5) is 44.8. The van der Waals surface area contributed by atoms with Crippen molar-refractivity contribution in [1.82, 2.24) is 19.9 Å². The third-order valence-corrected chi connectivity index (χ3v) is 4.63. The first-order valence-corrected chi connectivity index (χ1v) is 9.88. The smallest absolute Gasteiger partial charge is 0.329 e. The predicted molar refractivity (Wildman–Crippen MR) is 111 cm³/mol. The third-order valence-electron chi connectivity index (χ3n) is 4.63. The van der Waals surface area contributed by atoms with Crippen LogP contribution in [0.1, 0.15) is 69.4 Å². The number of aromatic nitrogens is 3. The van der Waals surface area contributed by atoms with Gasteiger partial charge in [0.05, 0.1) is 10.9 Å². The van der Waals surface area contributed by atoms with Crippen molar-refractivity contribution in [3.8, 4) is 0 Å². The second-order valence-electron chi connectivity index (χ2n) is 7.89. The van der Waals surface area contributed by atoms with Crippen LogP contribution in [0.5, 0.6) is 0 Å². The van der Waals surface area contributed by atoms with Crippen molar-refractivity contribution in [3.63, 3.8) is 0 Å². The highest BCUT2D eigenvalue weighted by Gasteiger charge is 2.22. The molecule has 28 heavy (non-hydrogen) atoms. The normalized spacial score (nSPS) is 12.7. The lowest BCUT2D eigenvalue weighted by atomic mass is 10.0. The molecule has 0 saturated heterocycles. The fourth-order valence-electron chi connectivity index (χ4n) is 3.25. The molecule has 4 N–H and O–H groups in total. The Labute approximate surface area is 164 Å². The molecule has 154 valence electrons. The van der Waals surface area contributed by atoms with Gasteiger partial charge in [-0.3, -0.25) is 19.1 Å². The maximum atomic E-state index is 13.1. The zero-order valence-corrected chi connectivity index (χ0v) is 17.3. The Morgan fingerprint density at radius 3 is 2.50 bits per heavy atom. The highest BCUT2D eigenvalue weighted by molar-refractivity contribution is 6.05. The van der Waals surface area contributed by atoms with Crippen molar-refractivity contribution in [2.75, 3.05) is 6.54 Å². The van der Waals surface area contributed by atoms with Gasteiger partial charge in [0.1, 0.15) is 0 Å². The third kappa shape index (κ3) is 4.67. The number of carbonyl (C=O) groups is 1. The molecule has 0 aliphatic carbocycles. The van der Waals surface area contributed by atoms with E-state index in [9.17, 15) is 14.4 Å². The van der Waals surface area contributed by atoms with Crippen LogP contribution in [0.15, 0.2) is 15.7 Å². The Morgan fingerprint density at radius 1 is 1.29 bits per heavy atom. The number of hydrogen-bond acceptors (Lipinski definition) is 5. The molecule has 8 nitrogen and oxygen atoms in total. The number of nitrogens with zero attached hydrogens (tertiary/aromatic N) is 2. The molecule has 0 radical (unpaired) electrons. The molecule has 2 rings (SSSR count). The summed E-state index contributed by atoms with van der Waals surface area (Å²) in [5, 5.41) is 3.07. The van der Waals surface area contributed by atoms with E-state index in [4.69, 9.17) is 5.73 Å². The number of amides is 1. The number of aromatic amines is 1. The molecule has 1 atom stereocenters. The first kappa shape index (κ1) is 21.8. The monoisotopic (exact) mass is 389 g/mol. The lowest BCUT2D eigenvalue weighted by Gasteiger charge is -2.20. The summed E-state index contributed by atoms with van der Waals surface area (Å²) in [6, 6.07) is 1.44. The van der Waals surface area contributed by atoms with E-state index in [2.05, 4.69) is 29.1 Å². The summed E-state index contributed by atoms with van der Waals surface area (Å²) >= 11 is 0. The van der Waals surface area contributed by atoms with E-state index >= 15 is 0 Å². The van der Waals surface area contributed by atoms with Gasteiger partial charge in [-0.15, -0.1) is 0 Å². The van der Waals surface area contributed by atoms with Gasteiger partial charge < -0.3 is 11.1 Å². The number of aryl methyl sites for hydroxylation is 1. The highest BCUT2D eigenvalue weighted by Crippen LogP contribution is 2.20. The number of nitrogens with one attached hydrogen (secondary N) is 2. The summed E-state index contributed by atoms with van der Waals surface area (Å²) in [5.41, 5.74) is 5.82. The van der Waals surface area contributed by atoms with Gasteiger partial charge in [0, 0.05) is 24.8 Å². The van der Waals surface area contributed by atoms with Crippen molar-refractivity contribution in [3.05, 3.63) is 38.2 Å². The first-order chi connectivity index (χ1) is 13.2. The zero-order chi connectivity index (χ0) is 21.0. The van der Waals surface area contributed by atoms with E-state index in [0.29, 0.717) is 31.1 Å². The maximum absolute atomic E-state index is 13.1. The quantitative estimate of drug-likeness (QED) is 0.634. The fourth-order valence-corrected chi connectivity index (χ4v) is 3.25. The average Bonchev–Trinajstić information content (AvgIpc) is 2.62. The minimum Gasteiger partial charge on any atom is -0.348 e. The molecule has 0 fully saturated rings. The second kappa shape index (κ2) is 9.14. The number of hydrogen-bond donors (Lipinski definition) is 3. The Bertz CT molecular complexity index is 959. The van der Waals surface area contributed by atoms with Crippen LogP contribution in [-0.2, 0) is 6.54 Å². The van der Waals surface area contributed by atoms with Crippen molar-refractivity contribution in [2.45, 2.75) is 66.0 Å². The van der Waals surface area contributed by atoms with Crippen LogP contribution in [0.25, 0.3) is 11.0 Å². The molecule has 0 aliphatic heterocycles. The van der Waals surface area contributed by atoms with Gasteiger partial charge in [0.15, 0.2) is 5.65 Å². The largest absolute Gasteiger partial charge is 0.348 e.